The van der Waals surface area contributed by atoms with Gasteiger partial charge in [0.05, 0.1) is 7.85 Å². The van der Waals surface area contributed by atoms with Crippen LogP contribution in [0.5, 0.6) is 0 Å². The summed E-state index contributed by atoms with van der Waals surface area (Å²) in [6.07, 6.45) is 1.33. The van der Waals surface area contributed by atoms with Crippen LogP contribution >= 0.6 is 0 Å². The van der Waals surface area contributed by atoms with Gasteiger partial charge in [0.25, 0.3) is 0 Å². The maximum Gasteiger partial charge on any atom is 0.322 e. The Bertz CT molecular complexity index is 184. The van der Waals surface area contributed by atoms with Gasteiger partial charge in [-0.05, 0) is 20.3 Å². The molecule has 13 heavy (non-hydrogen) atoms. The van der Waals surface area contributed by atoms with Crippen molar-refractivity contribution in [3.63, 3.8) is 0 Å². The Morgan fingerprint density at radius 3 is 2.62 bits per heavy atom. The van der Waals surface area contributed by atoms with E-state index in [9.17, 15) is 4.79 Å². The summed E-state index contributed by atoms with van der Waals surface area (Å²) < 4.78 is 0. The zero-order valence-corrected chi connectivity index (χ0v) is 8.26. The lowest BCUT2D eigenvalue weighted by atomic mass is 10.0. The number of amides is 2. The zero-order chi connectivity index (χ0) is 10.3. The summed E-state index contributed by atoms with van der Waals surface area (Å²) in [7, 11) is 5.28. The molecule has 0 atom stereocenters. The van der Waals surface area contributed by atoms with Crippen molar-refractivity contribution in [3.05, 3.63) is 0 Å². The van der Waals surface area contributed by atoms with Crippen molar-refractivity contribution in [2.75, 3.05) is 13.1 Å². The number of hydrogen-bond acceptors (Lipinski definition) is 2. The first-order valence-electron chi connectivity index (χ1n) is 4.44. The van der Waals surface area contributed by atoms with E-state index >= 15 is 0 Å². The highest BCUT2D eigenvalue weighted by atomic mass is 16.2. The normalized spacial score (nSPS) is 9.38. The molecule has 0 aliphatic heterocycles. The maximum absolute atomic E-state index is 11.3. The number of hydrogen-bond donors (Lipinski definition) is 2. The maximum atomic E-state index is 11.3. The van der Waals surface area contributed by atoms with Crippen LogP contribution in [0.1, 0.15) is 20.3 Å². The van der Waals surface area contributed by atoms with Gasteiger partial charge in [0.1, 0.15) is 5.84 Å². The van der Waals surface area contributed by atoms with E-state index in [1.54, 1.807) is 6.92 Å². The van der Waals surface area contributed by atoms with Crippen LogP contribution in [0.3, 0.4) is 0 Å². The molecule has 0 aromatic carbocycles. The van der Waals surface area contributed by atoms with Gasteiger partial charge in [-0.2, -0.15) is 0 Å². The molecule has 0 rings (SSSR count). The van der Waals surface area contributed by atoms with Crippen molar-refractivity contribution in [2.45, 2.75) is 26.6 Å². The molecular weight excluding hydrogens is 165 g/mol. The second kappa shape index (κ2) is 6.51. The van der Waals surface area contributed by atoms with E-state index in [1.165, 1.54) is 4.90 Å². The minimum Gasteiger partial charge on any atom is -0.338 e. The van der Waals surface area contributed by atoms with E-state index in [2.05, 4.69) is 5.32 Å². The quantitative estimate of drug-likeness (QED) is 0.289. The lowest BCUT2D eigenvalue weighted by Gasteiger charge is -2.19. The summed E-state index contributed by atoms with van der Waals surface area (Å²) in [6.45, 7) is 4.51. The largest absolute Gasteiger partial charge is 0.338 e. The molecule has 72 valence electrons. The number of nitrogens with one attached hydrogen (secondary N) is 2. The molecule has 0 saturated carbocycles. The average molecular weight is 181 g/mol. The standard InChI is InChI=1S/C8H16BN3O/c1-3-12(7(2)10)8(13)11-6-4-5-9/h10H,3-6H2,1-2H3,(H,11,13). The number of rotatable bonds is 4. The van der Waals surface area contributed by atoms with Crippen molar-refractivity contribution >= 4 is 19.7 Å². The van der Waals surface area contributed by atoms with Crippen molar-refractivity contribution in [2.24, 2.45) is 0 Å². The third kappa shape index (κ3) is 4.55. The van der Waals surface area contributed by atoms with Gasteiger partial charge in [-0.1, -0.05) is 6.32 Å². The van der Waals surface area contributed by atoms with Crippen LogP contribution in [-0.4, -0.2) is 37.7 Å². The van der Waals surface area contributed by atoms with Crippen molar-refractivity contribution < 1.29 is 4.79 Å². The van der Waals surface area contributed by atoms with Gasteiger partial charge in [-0.3, -0.25) is 10.3 Å². The molecule has 0 bridgehead atoms. The van der Waals surface area contributed by atoms with Crippen molar-refractivity contribution in [3.8, 4) is 0 Å². The summed E-state index contributed by atoms with van der Waals surface area (Å²) in [5.74, 6) is 0.257. The van der Waals surface area contributed by atoms with Crippen LogP contribution in [0, 0.1) is 5.41 Å². The highest BCUT2D eigenvalue weighted by Crippen LogP contribution is 1.91. The molecule has 0 aliphatic carbocycles. The molecule has 0 aliphatic rings. The average Bonchev–Trinajstić information content (AvgIpc) is 2.05. The van der Waals surface area contributed by atoms with Gasteiger partial charge in [0, 0.05) is 13.1 Å². The molecule has 0 heterocycles. The summed E-state index contributed by atoms with van der Waals surface area (Å²) in [6, 6.07) is -0.219. The lowest BCUT2D eigenvalue weighted by molar-refractivity contribution is 0.222. The predicted molar refractivity (Wildman–Crippen MR) is 54.4 cm³/mol. The third-order valence-electron chi connectivity index (χ3n) is 1.62. The summed E-state index contributed by atoms with van der Waals surface area (Å²) >= 11 is 0. The molecule has 0 spiro atoms. The molecule has 0 saturated heterocycles. The fourth-order valence-electron chi connectivity index (χ4n) is 0.926. The molecule has 0 unspecified atom stereocenters. The van der Waals surface area contributed by atoms with Crippen LogP contribution in [0.4, 0.5) is 4.79 Å². The first-order valence-corrected chi connectivity index (χ1v) is 4.44. The Morgan fingerprint density at radius 1 is 1.62 bits per heavy atom. The van der Waals surface area contributed by atoms with Gasteiger partial charge in [0.2, 0.25) is 0 Å². The molecule has 0 aromatic heterocycles. The lowest BCUT2D eigenvalue weighted by Crippen LogP contribution is -2.42. The molecule has 0 fully saturated rings. The first kappa shape index (κ1) is 12.0. The SMILES string of the molecule is [B]CCCNC(=O)N(CC)C(C)=N. The first-order chi connectivity index (χ1) is 6.13. The smallest absolute Gasteiger partial charge is 0.322 e. The van der Waals surface area contributed by atoms with Crippen LogP contribution in [0.25, 0.3) is 0 Å². The second-order valence-corrected chi connectivity index (χ2v) is 2.70. The van der Waals surface area contributed by atoms with Gasteiger partial charge >= 0.3 is 6.03 Å². The molecule has 2 N–H and O–H groups in total. The van der Waals surface area contributed by atoms with Crippen molar-refractivity contribution in [1.82, 2.24) is 10.2 Å². The van der Waals surface area contributed by atoms with E-state index in [-0.39, 0.29) is 11.9 Å². The van der Waals surface area contributed by atoms with E-state index in [0.717, 1.165) is 6.42 Å². The zero-order valence-electron chi connectivity index (χ0n) is 8.26. The topological polar surface area (TPSA) is 56.2 Å². The van der Waals surface area contributed by atoms with Crippen LogP contribution < -0.4 is 5.32 Å². The van der Waals surface area contributed by atoms with Crippen LogP contribution in [0.2, 0.25) is 6.32 Å². The number of carbonyl (C=O) groups excluding carboxylic acids is 1. The number of carbonyl (C=O) groups is 1. The molecule has 0 aromatic rings. The van der Waals surface area contributed by atoms with E-state index in [1.807, 2.05) is 6.92 Å². The Hall–Kier alpha value is -0.995. The van der Waals surface area contributed by atoms with E-state index < -0.39 is 0 Å². The molecule has 5 heteroatoms. The molecule has 4 nitrogen and oxygen atoms in total. The predicted octanol–water partition coefficient (Wildman–Crippen LogP) is 0.992. The number of urea groups is 1. The molecule has 2 radical (unpaired) electrons. The van der Waals surface area contributed by atoms with Crippen LogP contribution in [0.15, 0.2) is 0 Å². The Morgan fingerprint density at radius 2 is 2.23 bits per heavy atom. The van der Waals surface area contributed by atoms with Gasteiger partial charge in [-0.25, -0.2) is 4.79 Å². The Labute approximate surface area is 80.6 Å². The van der Waals surface area contributed by atoms with Crippen LogP contribution in [-0.2, 0) is 0 Å². The minimum atomic E-state index is -0.219. The molecule has 2 amide bonds. The number of nitrogens with zero attached hydrogens (tertiary/aromatic N) is 1. The highest BCUT2D eigenvalue weighted by Gasteiger charge is 2.11. The van der Waals surface area contributed by atoms with Gasteiger partial charge in [0.15, 0.2) is 0 Å². The second-order valence-electron chi connectivity index (χ2n) is 2.70. The van der Waals surface area contributed by atoms with E-state index in [4.69, 9.17) is 13.3 Å². The highest BCUT2D eigenvalue weighted by molar-refractivity contribution is 6.08. The fourth-order valence-corrected chi connectivity index (χ4v) is 0.926. The van der Waals surface area contributed by atoms with E-state index in [0.29, 0.717) is 19.4 Å². The van der Waals surface area contributed by atoms with Crippen molar-refractivity contribution in [1.29, 1.82) is 5.41 Å². The van der Waals surface area contributed by atoms with Gasteiger partial charge in [-0.15, -0.1) is 0 Å². The summed E-state index contributed by atoms with van der Waals surface area (Å²) in [5.41, 5.74) is 0. The number of amidine groups is 1. The fraction of sp³-hybridized carbons (Fsp3) is 0.750. The monoisotopic (exact) mass is 181 g/mol. The third-order valence-corrected chi connectivity index (χ3v) is 1.62. The summed E-state index contributed by atoms with van der Waals surface area (Å²) in [4.78, 5) is 12.7. The summed E-state index contributed by atoms with van der Waals surface area (Å²) in [5, 5.41) is 9.98. The minimum absolute atomic E-state index is 0.219. The Kier molecular flexibility index (Phi) is 6.01. The van der Waals surface area contributed by atoms with Gasteiger partial charge < -0.3 is 5.32 Å². The Balaban J connectivity index is 3.85. The molecular formula is C8H16BN3O.